The van der Waals surface area contributed by atoms with Crippen molar-refractivity contribution in [2.24, 2.45) is 5.92 Å². The number of thioether (sulfide) groups is 1. The lowest BCUT2D eigenvalue weighted by atomic mass is 9.90. The average Bonchev–Trinajstić information content (AvgIpc) is 3.28. The van der Waals surface area contributed by atoms with Crippen LogP contribution in [0.15, 0.2) is 59.8 Å². The minimum Gasteiger partial charge on any atom is -0.497 e. The molecule has 0 saturated carbocycles. The first-order valence-electron chi connectivity index (χ1n) is 10.2. The Morgan fingerprint density at radius 1 is 1.13 bits per heavy atom. The summed E-state index contributed by atoms with van der Waals surface area (Å²) in [6, 6.07) is 18.2. The van der Waals surface area contributed by atoms with Gasteiger partial charge >= 0.3 is 0 Å². The fourth-order valence-corrected chi connectivity index (χ4v) is 4.44. The van der Waals surface area contributed by atoms with E-state index in [2.05, 4.69) is 45.5 Å². The Hall–Kier alpha value is -2.80. The van der Waals surface area contributed by atoms with Crippen LogP contribution in [0.1, 0.15) is 18.4 Å². The van der Waals surface area contributed by atoms with Crippen LogP contribution in [0, 0.1) is 5.92 Å². The van der Waals surface area contributed by atoms with Gasteiger partial charge in [-0.15, -0.1) is 5.10 Å². The third kappa shape index (κ3) is 5.21. The zero-order valence-corrected chi connectivity index (χ0v) is 17.9. The van der Waals surface area contributed by atoms with Crippen LogP contribution >= 0.6 is 11.8 Å². The van der Waals surface area contributed by atoms with Gasteiger partial charge in [0.05, 0.1) is 12.9 Å². The number of carbonyl (C=O) groups is 1. The zero-order chi connectivity index (χ0) is 20.8. The number of ether oxygens (including phenoxy) is 1. The quantitative estimate of drug-likeness (QED) is 0.582. The van der Waals surface area contributed by atoms with Crippen molar-refractivity contribution < 1.29 is 9.53 Å². The van der Waals surface area contributed by atoms with Crippen LogP contribution in [0.5, 0.6) is 5.75 Å². The van der Waals surface area contributed by atoms with Gasteiger partial charge < -0.3 is 9.64 Å². The number of nitrogens with zero attached hydrogens (tertiary/aromatic N) is 3. The Morgan fingerprint density at radius 3 is 2.57 bits per heavy atom. The van der Waals surface area contributed by atoms with Crippen LogP contribution in [-0.2, 0) is 11.2 Å². The number of nitrogens with one attached hydrogen (secondary N) is 1. The number of hydrogen-bond acceptors (Lipinski definition) is 5. The molecule has 0 bridgehead atoms. The largest absolute Gasteiger partial charge is 0.497 e. The van der Waals surface area contributed by atoms with Crippen molar-refractivity contribution in [2.45, 2.75) is 24.4 Å². The number of aromatic nitrogens is 3. The summed E-state index contributed by atoms with van der Waals surface area (Å²) in [7, 11) is 1.64. The van der Waals surface area contributed by atoms with Gasteiger partial charge in [-0.3, -0.25) is 9.89 Å². The standard InChI is InChI=1S/C23H26N4O2S/c1-29-20-9-7-19(8-10-20)22-24-23(26-25-22)30-16-21(28)27-13-11-18(12-14-27)15-17-5-3-2-4-6-17/h2-10,18H,11-16H2,1H3,(H,24,25,26). The molecular weight excluding hydrogens is 396 g/mol. The Bertz CT molecular complexity index is 951. The van der Waals surface area contributed by atoms with Crippen molar-refractivity contribution in [1.29, 1.82) is 0 Å². The molecule has 4 rings (SSSR count). The molecule has 0 unspecified atom stereocenters. The molecule has 1 fully saturated rings. The van der Waals surface area contributed by atoms with E-state index in [0.717, 1.165) is 43.7 Å². The van der Waals surface area contributed by atoms with Crippen molar-refractivity contribution >= 4 is 17.7 Å². The van der Waals surface area contributed by atoms with Crippen LogP contribution in [0.25, 0.3) is 11.4 Å². The maximum Gasteiger partial charge on any atom is 0.233 e. The van der Waals surface area contributed by atoms with E-state index < -0.39 is 0 Å². The topological polar surface area (TPSA) is 71.1 Å². The van der Waals surface area contributed by atoms with Crippen LogP contribution in [-0.4, -0.2) is 51.9 Å². The summed E-state index contributed by atoms with van der Waals surface area (Å²) < 4.78 is 5.18. The second-order valence-electron chi connectivity index (χ2n) is 7.50. The lowest BCUT2D eigenvalue weighted by Gasteiger charge is -2.32. The monoisotopic (exact) mass is 422 g/mol. The normalized spacial score (nSPS) is 14.6. The Labute approximate surface area is 181 Å². The van der Waals surface area contributed by atoms with E-state index >= 15 is 0 Å². The van der Waals surface area contributed by atoms with E-state index in [-0.39, 0.29) is 5.91 Å². The molecule has 1 saturated heterocycles. The summed E-state index contributed by atoms with van der Waals surface area (Å²) in [6.07, 6.45) is 3.23. The van der Waals surface area contributed by atoms with Gasteiger partial charge in [0.15, 0.2) is 5.82 Å². The number of likely N-dealkylation sites (tertiary alicyclic amines) is 1. The summed E-state index contributed by atoms with van der Waals surface area (Å²) in [5.74, 6) is 2.67. The molecule has 1 aromatic heterocycles. The first-order valence-corrected chi connectivity index (χ1v) is 11.2. The van der Waals surface area contributed by atoms with Crippen molar-refractivity contribution in [1.82, 2.24) is 20.1 Å². The predicted octanol–water partition coefficient (Wildman–Crippen LogP) is 4.05. The molecule has 0 radical (unpaired) electrons. The summed E-state index contributed by atoms with van der Waals surface area (Å²) in [4.78, 5) is 19.1. The van der Waals surface area contributed by atoms with Gasteiger partial charge in [0, 0.05) is 18.7 Å². The van der Waals surface area contributed by atoms with Crippen LogP contribution in [0.4, 0.5) is 0 Å². The van der Waals surface area contributed by atoms with Gasteiger partial charge in [0.1, 0.15) is 5.75 Å². The molecule has 2 heterocycles. The molecule has 1 N–H and O–H groups in total. The van der Waals surface area contributed by atoms with Gasteiger partial charge in [-0.1, -0.05) is 42.1 Å². The summed E-state index contributed by atoms with van der Waals surface area (Å²) in [6.45, 7) is 1.67. The molecule has 2 aromatic carbocycles. The van der Waals surface area contributed by atoms with Crippen LogP contribution < -0.4 is 4.74 Å². The fourth-order valence-electron chi connectivity index (χ4n) is 3.74. The summed E-state index contributed by atoms with van der Waals surface area (Å²) >= 11 is 1.38. The molecule has 7 heteroatoms. The van der Waals surface area contributed by atoms with E-state index in [1.54, 1.807) is 7.11 Å². The first-order chi connectivity index (χ1) is 14.7. The molecule has 30 heavy (non-hydrogen) atoms. The van der Waals surface area contributed by atoms with E-state index in [4.69, 9.17) is 4.74 Å². The van der Waals surface area contributed by atoms with Crippen molar-refractivity contribution in [3.05, 3.63) is 60.2 Å². The summed E-state index contributed by atoms with van der Waals surface area (Å²) in [5, 5.41) is 7.77. The van der Waals surface area contributed by atoms with Gasteiger partial charge in [-0.05, 0) is 55.0 Å². The minimum atomic E-state index is 0.161. The number of hydrogen-bond donors (Lipinski definition) is 1. The Kier molecular flexibility index (Phi) is 6.69. The highest BCUT2D eigenvalue weighted by Gasteiger charge is 2.23. The van der Waals surface area contributed by atoms with Crippen molar-refractivity contribution in [3.8, 4) is 17.1 Å². The number of aromatic amines is 1. The number of benzene rings is 2. The van der Waals surface area contributed by atoms with Gasteiger partial charge in [0.25, 0.3) is 0 Å². The SMILES string of the molecule is COc1ccc(-c2nc(SCC(=O)N3CCC(Cc4ccccc4)CC3)n[nH]2)cc1. The molecule has 0 aliphatic carbocycles. The zero-order valence-electron chi connectivity index (χ0n) is 17.1. The second-order valence-corrected chi connectivity index (χ2v) is 8.44. The molecule has 1 aliphatic heterocycles. The van der Waals surface area contributed by atoms with Gasteiger partial charge in [-0.25, -0.2) is 4.98 Å². The molecule has 6 nitrogen and oxygen atoms in total. The molecule has 1 amide bonds. The lowest BCUT2D eigenvalue weighted by Crippen LogP contribution is -2.39. The molecular formula is C23H26N4O2S. The second kappa shape index (κ2) is 9.80. The molecule has 3 aromatic rings. The number of piperidine rings is 1. The third-order valence-electron chi connectivity index (χ3n) is 5.49. The van der Waals surface area contributed by atoms with E-state index in [1.807, 2.05) is 29.2 Å². The number of rotatable bonds is 7. The summed E-state index contributed by atoms with van der Waals surface area (Å²) in [5.41, 5.74) is 2.32. The molecule has 1 aliphatic rings. The number of H-pyrrole nitrogens is 1. The van der Waals surface area contributed by atoms with E-state index in [1.165, 1.54) is 17.3 Å². The Morgan fingerprint density at radius 2 is 1.87 bits per heavy atom. The van der Waals surface area contributed by atoms with Crippen LogP contribution in [0.3, 0.4) is 0 Å². The van der Waals surface area contributed by atoms with Gasteiger partial charge in [0.2, 0.25) is 11.1 Å². The first kappa shape index (κ1) is 20.5. The van der Waals surface area contributed by atoms with Gasteiger partial charge in [-0.2, -0.15) is 0 Å². The molecule has 0 atom stereocenters. The maximum absolute atomic E-state index is 12.6. The molecule has 0 spiro atoms. The van der Waals surface area contributed by atoms with E-state index in [0.29, 0.717) is 22.7 Å². The third-order valence-corrected chi connectivity index (χ3v) is 6.32. The van der Waals surface area contributed by atoms with Crippen molar-refractivity contribution in [3.63, 3.8) is 0 Å². The molecule has 156 valence electrons. The van der Waals surface area contributed by atoms with Crippen LogP contribution in [0.2, 0.25) is 0 Å². The van der Waals surface area contributed by atoms with Crippen molar-refractivity contribution in [2.75, 3.05) is 26.0 Å². The fraction of sp³-hybridized carbons (Fsp3) is 0.348. The minimum absolute atomic E-state index is 0.161. The smallest absolute Gasteiger partial charge is 0.233 e. The number of carbonyl (C=O) groups excluding carboxylic acids is 1. The Balaban J connectivity index is 1.24. The highest BCUT2D eigenvalue weighted by Crippen LogP contribution is 2.24. The number of methoxy groups -OCH3 is 1. The predicted molar refractivity (Wildman–Crippen MR) is 119 cm³/mol. The average molecular weight is 423 g/mol. The lowest BCUT2D eigenvalue weighted by molar-refractivity contribution is -0.129. The highest BCUT2D eigenvalue weighted by atomic mass is 32.2. The highest BCUT2D eigenvalue weighted by molar-refractivity contribution is 7.99. The number of amides is 1. The van der Waals surface area contributed by atoms with E-state index in [9.17, 15) is 4.79 Å². The maximum atomic E-state index is 12.6.